The van der Waals surface area contributed by atoms with Gasteiger partial charge in [0.15, 0.2) is 0 Å². The molecule has 0 aliphatic carbocycles. The Morgan fingerprint density at radius 2 is 2.17 bits per heavy atom. The smallest absolute Gasteiger partial charge is 0.139 e. The molecule has 0 bridgehead atoms. The summed E-state index contributed by atoms with van der Waals surface area (Å²) in [5.74, 6) is 0.847. The van der Waals surface area contributed by atoms with E-state index in [1.807, 2.05) is 42.7 Å². The molecule has 0 saturated carbocycles. The number of aromatic nitrogens is 2. The van der Waals surface area contributed by atoms with Crippen LogP contribution in [0.5, 0.6) is 5.75 Å². The SMILES string of the molecule is Cc1cccn2c(CNC3(CO)CCOc4ccccc43)cnc12. The second-order valence-electron chi connectivity index (χ2n) is 6.32. The molecule has 2 aromatic heterocycles. The summed E-state index contributed by atoms with van der Waals surface area (Å²) in [4.78, 5) is 4.51. The minimum atomic E-state index is -0.483. The number of benzene rings is 1. The van der Waals surface area contributed by atoms with Crippen molar-refractivity contribution >= 4 is 5.65 Å². The average molecular weight is 323 g/mol. The molecule has 5 nitrogen and oxygen atoms in total. The molecule has 1 aliphatic rings. The summed E-state index contributed by atoms with van der Waals surface area (Å²) >= 11 is 0. The van der Waals surface area contributed by atoms with E-state index < -0.39 is 5.54 Å². The molecule has 3 aromatic rings. The molecule has 0 spiro atoms. The second-order valence-corrected chi connectivity index (χ2v) is 6.32. The van der Waals surface area contributed by atoms with E-state index >= 15 is 0 Å². The molecule has 5 heteroatoms. The molecular formula is C19H21N3O2. The van der Waals surface area contributed by atoms with Gasteiger partial charge < -0.3 is 14.2 Å². The highest BCUT2D eigenvalue weighted by molar-refractivity contribution is 5.48. The zero-order valence-electron chi connectivity index (χ0n) is 13.7. The van der Waals surface area contributed by atoms with E-state index in [0.717, 1.165) is 34.6 Å². The maximum absolute atomic E-state index is 10.1. The lowest BCUT2D eigenvalue weighted by Gasteiger charge is -2.38. The van der Waals surface area contributed by atoms with Crippen molar-refractivity contribution in [3.8, 4) is 5.75 Å². The first kappa shape index (κ1) is 15.2. The summed E-state index contributed by atoms with van der Waals surface area (Å²) in [6.07, 6.45) is 4.65. The van der Waals surface area contributed by atoms with E-state index in [2.05, 4.69) is 27.7 Å². The number of aliphatic hydroxyl groups excluding tert-OH is 1. The Kier molecular flexibility index (Phi) is 3.75. The van der Waals surface area contributed by atoms with Gasteiger partial charge >= 0.3 is 0 Å². The standard InChI is InChI=1S/C19H21N3O2/c1-14-5-4-9-22-15(11-20-18(14)22)12-21-19(13-23)8-10-24-17-7-3-2-6-16(17)19/h2-7,9,11,21,23H,8,10,12-13H2,1H3. The molecule has 2 N–H and O–H groups in total. The zero-order chi connectivity index (χ0) is 16.6. The summed E-state index contributed by atoms with van der Waals surface area (Å²) in [7, 11) is 0. The van der Waals surface area contributed by atoms with Gasteiger partial charge in [0.25, 0.3) is 0 Å². The molecule has 124 valence electrons. The number of hydrogen-bond donors (Lipinski definition) is 2. The highest BCUT2D eigenvalue weighted by Crippen LogP contribution is 2.36. The summed E-state index contributed by atoms with van der Waals surface area (Å²) in [6.45, 7) is 3.31. The van der Waals surface area contributed by atoms with Crippen LogP contribution in [0.1, 0.15) is 23.2 Å². The number of fused-ring (bicyclic) bond motifs is 2. The third kappa shape index (κ3) is 2.37. The van der Waals surface area contributed by atoms with Crippen molar-refractivity contribution in [1.82, 2.24) is 14.7 Å². The number of ether oxygens (including phenoxy) is 1. The number of aliphatic hydroxyl groups is 1. The lowest BCUT2D eigenvalue weighted by atomic mass is 9.85. The van der Waals surface area contributed by atoms with Crippen molar-refractivity contribution in [3.63, 3.8) is 0 Å². The molecule has 0 amide bonds. The first-order valence-electron chi connectivity index (χ1n) is 8.23. The molecular weight excluding hydrogens is 302 g/mol. The van der Waals surface area contributed by atoms with E-state index in [9.17, 15) is 5.11 Å². The minimum absolute atomic E-state index is 0.0309. The lowest BCUT2D eigenvalue weighted by molar-refractivity contribution is 0.105. The molecule has 0 saturated heterocycles. The van der Waals surface area contributed by atoms with Gasteiger partial charge in [-0.25, -0.2) is 4.98 Å². The van der Waals surface area contributed by atoms with Crippen molar-refractivity contribution in [1.29, 1.82) is 0 Å². The van der Waals surface area contributed by atoms with Gasteiger partial charge in [0, 0.05) is 24.7 Å². The maximum Gasteiger partial charge on any atom is 0.139 e. The van der Waals surface area contributed by atoms with Crippen LogP contribution < -0.4 is 10.1 Å². The van der Waals surface area contributed by atoms with Crippen molar-refractivity contribution in [3.05, 3.63) is 65.6 Å². The molecule has 4 rings (SSSR count). The van der Waals surface area contributed by atoms with Crippen molar-refractivity contribution in [2.24, 2.45) is 0 Å². The van der Waals surface area contributed by atoms with Crippen molar-refractivity contribution < 1.29 is 9.84 Å². The van der Waals surface area contributed by atoms with Crippen LogP contribution in [0.2, 0.25) is 0 Å². The van der Waals surface area contributed by atoms with Crippen molar-refractivity contribution in [2.45, 2.75) is 25.4 Å². The Hall–Kier alpha value is -2.37. The predicted octanol–water partition coefficient (Wildman–Crippen LogP) is 2.40. The molecule has 24 heavy (non-hydrogen) atoms. The van der Waals surface area contributed by atoms with E-state index in [-0.39, 0.29) is 6.61 Å². The van der Waals surface area contributed by atoms with Gasteiger partial charge in [0.05, 0.1) is 30.6 Å². The fraction of sp³-hybridized carbons (Fsp3) is 0.316. The van der Waals surface area contributed by atoms with Crippen LogP contribution in [0.25, 0.3) is 5.65 Å². The first-order chi connectivity index (χ1) is 11.7. The van der Waals surface area contributed by atoms with Gasteiger partial charge in [-0.15, -0.1) is 0 Å². The number of aryl methyl sites for hydroxylation is 1. The largest absolute Gasteiger partial charge is 0.493 e. The van der Waals surface area contributed by atoms with Crippen LogP contribution >= 0.6 is 0 Å². The summed E-state index contributed by atoms with van der Waals surface area (Å²) in [6, 6.07) is 12.0. The van der Waals surface area contributed by atoms with Crippen LogP contribution in [0, 0.1) is 6.92 Å². The number of imidazole rings is 1. The van der Waals surface area contributed by atoms with Gasteiger partial charge in [0.2, 0.25) is 0 Å². The summed E-state index contributed by atoms with van der Waals surface area (Å²) in [5, 5.41) is 13.7. The predicted molar refractivity (Wildman–Crippen MR) is 92.1 cm³/mol. The molecule has 1 aromatic carbocycles. The fourth-order valence-electron chi connectivity index (χ4n) is 3.45. The van der Waals surface area contributed by atoms with Crippen LogP contribution in [0.15, 0.2) is 48.8 Å². The van der Waals surface area contributed by atoms with Crippen LogP contribution in [0.3, 0.4) is 0 Å². The Morgan fingerprint density at radius 3 is 3.04 bits per heavy atom. The van der Waals surface area contributed by atoms with Gasteiger partial charge in [-0.1, -0.05) is 24.3 Å². The number of hydrogen-bond acceptors (Lipinski definition) is 4. The Labute approximate surface area is 140 Å². The normalized spacial score (nSPS) is 19.9. The molecule has 0 radical (unpaired) electrons. The van der Waals surface area contributed by atoms with Crippen LogP contribution in [0.4, 0.5) is 0 Å². The molecule has 1 unspecified atom stereocenters. The fourth-order valence-corrected chi connectivity index (χ4v) is 3.45. The minimum Gasteiger partial charge on any atom is -0.493 e. The second kappa shape index (κ2) is 5.92. The topological polar surface area (TPSA) is 58.8 Å². The average Bonchev–Trinajstić information content (AvgIpc) is 3.04. The maximum atomic E-state index is 10.1. The zero-order valence-corrected chi connectivity index (χ0v) is 13.7. The van der Waals surface area contributed by atoms with Gasteiger partial charge in [0.1, 0.15) is 11.4 Å². The number of pyridine rings is 1. The highest BCUT2D eigenvalue weighted by atomic mass is 16.5. The molecule has 1 atom stereocenters. The first-order valence-corrected chi connectivity index (χ1v) is 8.23. The van der Waals surface area contributed by atoms with E-state index in [0.29, 0.717) is 13.2 Å². The number of para-hydroxylation sites is 1. The van der Waals surface area contributed by atoms with Gasteiger partial charge in [-0.2, -0.15) is 0 Å². The Bertz CT molecular complexity index is 874. The summed E-state index contributed by atoms with van der Waals surface area (Å²) in [5.41, 5.74) is 3.73. The van der Waals surface area contributed by atoms with Gasteiger partial charge in [-0.3, -0.25) is 5.32 Å². The van der Waals surface area contributed by atoms with E-state index in [1.165, 1.54) is 0 Å². The van der Waals surface area contributed by atoms with E-state index in [4.69, 9.17) is 4.74 Å². The van der Waals surface area contributed by atoms with Crippen LogP contribution in [-0.2, 0) is 12.1 Å². The van der Waals surface area contributed by atoms with Crippen molar-refractivity contribution in [2.75, 3.05) is 13.2 Å². The third-order valence-electron chi connectivity index (χ3n) is 4.87. The van der Waals surface area contributed by atoms with Crippen LogP contribution in [-0.4, -0.2) is 27.7 Å². The van der Waals surface area contributed by atoms with E-state index in [1.54, 1.807) is 0 Å². The molecule has 0 fully saturated rings. The monoisotopic (exact) mass is 323 g/mol. The quantitative estimate of drug-likeness (QED) is 0.774. The van der Waals surface area contributed by atoms with Gasteiger partial charge in [-0.05, 0) is 24.6 Å². The number of nitrogens with one attached hydrogen (secondary N) is 1. The number of rotatable bonds is 4. The Morgan fingerprint density at radius 1 is 1.29 bits per heavy atom. The lowest BCUT2D eigenvalue weighted by Crippen LogP contribution is -2.48. The Balaban J connectivity index is 1.65. The third-order valence-corrected chi connectivity index (χ3v) is 4.87. The molecule has 1 aliphatic heterocycles. The number of nitrogens with zero attached hydrogens (tertiary/aromatic N) is 2. The summed E-state index contributed by atoms with van der Waals surface area (Å²) < 4.78 is 7.83. The highest BCUT2D eigenvalue weighted by Gasteiger charge is 2.36. The molecule has 3 heterocycles.